The number of carbonyl (C=O) groups is 1. The second kappa shape index (κ2) is 5.21. The maximum atomic E-state index is 12.7. The van der Waals surface area contributed by atoms with E-state index in [-0.39, 0.29) is 12.1 Å². The zero-order valence-corrected chi connectivity index (χ0v) is 11.3. The highest BCUT2D eigenvalue weighted by Gasteiger charge is 2.31. The Labute approximate surface area is 113 Å². The molecule has 0 spiro atoms. The molecule has 1 unspecified atom stereocenters. The van der Waals surface area contributed by atoms with Crippen molar-refractivity contribution in [3.05, 3.63) is 29.8 Å². The minimum absolute atomic E-state index is 0.128. The van der Waals surface area contributed by atoms with Crippen LogP contribution in [-0.2, 0) is 11.2 Å². The number of benzene rings is 1. The number of aryl methyl sites for hydroxylation is 1. The molecule has 0 saturated carbocycles. The lowest BCUT2D eigenvalue weighted by atomic mass is 9.97. The van der Waals surface area contributed by atoms with E-state index >= 15 is 0 Å². The van der Waals surface area contributed by atoms with E-state index in [4.69, 9.17) is 4.74 Å². The summed E-state index contributed by atoms with van der Waals surface area (Å²) in [5.41, 5.74) is 2.36. The topological polar surface area (TPSA) is 32.8 Å². The van der Waals surface area contributed by atoms with Crippen molar-refractivity contribution in [2.24, 2.45) is 0 Å². The number of hydrogen-bond acceptors (Lipinski definition) is 2. The summed E-state index contributed by atoms with van der Waals surface area (Å²) in [7, 11) is 0. The Bertz CT molecular complexity index is 469. The van der Waals surface area contributed by atoms with Gasteiger partial charge in [0.15, 0.2) is 0 Å². The van der Waals surface area contributed by atoms with Crippen molar-refractivity contribution >= 4 is 11.7 Å². The van der Waals surface area contributed by atoms with Crippen LogP contribution in [0.1, 0.15) is 18.9 Å². The first-order valence-corrected chi connectivity index (χ1v) is 7.01. The Balaban J connectivity index is 1.88. The molecule has 3 rings (SSSR count). The number of anilines is 1. The fourth-order valence-corrected chi connectivity index (χ4v) is 2.89. The summed E-state index contributed by atoms with van der Waals surface area (Å²) in [6.07, 6.45) is 2.09. The molecule has 2 heterocycles. The quantitative estimate of drug-likeness (QED) is 0.717. The minimum Gasteiger partial charge on any atom is -0.378 e. The molecule has 1 atom stereocenters. The Morgan fingerprint density at radius 1 is 1.26 bits per heavy atom. The average molecular weight is 260 g/mol. The van der Waals surface area contributed by atoms with Crippen LogP contribution in [0.2, 0.25) is 0 Å². The third kappa shape index (κ3) is 2.32. The summed E-state index contributed by atoms with van der Waals surface area (Å²) >= 11 is 0. The maximum Gasteiger partial charge on any atom is 0.324 e. The largest absolute Gasteiger partial charge is 0.378 e. The summed E-state index contributed by atoms with van der Waals surface area (Å²) in [6, 6.07) is 8.64. The van der Waals surface area contributed by atoms with Gasteiger partial charge in [-0.25, -0.2) is 4.79 Å². The average Bonchev–Trinajstić information content (AvgIpc) is 2.47. The molecule has 1 saturated heterocycles. The van der Waals surface area contributed by atoms with E-state index in [1.54, 1.807) is 0 Å². The zero-order valence-electron chi connectivity index (χ0n) is 11.3. The number of para-hydroxylation sites is 1. The van der Waals surface area contributed by atoms with E-state index in [0.717, 1.165) is 18.5 Å². The number of rotatable bonds is 0. The van der Waals surface area contributed by atoms with E-state index < -0.39 is 0 Å². The fraction of sp³-hybridized carbons (Fsp3) is 0.533. The monoisotopic (exact) mass is 260 g/mol. The number of fused-ring (bicyclic) bond motifs is 1. The van der Waals surface area contributed by atoms with Gasteiger partial charge in [-0.1, -0.05) is 18.2 Å². The highest BCUT2D eigenvalue weighted by atomic mass is 16.5. The lowest BCUT2D eigenvalue weighted by Gasteiger charge is -2.39. The first-order chi connectivity index (χ1) is 9.27. The number of ether oxygens (including phenoxy) is 1. The molecule has 0 aliphatic carbocycles. The second-order valence-electron chi connectivity index (χ2n) is 5.27. The van der Waals surface area contributed by atoms with Gasteiger partial charge in [0, 0.05) is 24.8 Å². The van der Waals surface area contributed by atoms with Crippen LogP contribution in [0.4, 0.5) is 10.5 Å². The predicted octanol–water partition coefficient (Wildman–Crippen LogP) is 2.28. The van der Waals surface area contributed by atoms with Crippen LogP contribution in [0, 0.1) is 0 Å². The van der Waals surface area contributed by atoms with Crippen molar-refractivity contribution in [2.45, 2.75) is 25.8 Å². The van der Waals surface area contributed by atoms with Gasteiger partial charge in [-0.15, -0.1) is 0 Å². The predicted molar refractivity (Wildman–Crippen MR) is 74.5 cm³/mol. The number of nitrogens with zero attached hydrogens (tertiary/aromatic N) is 2. The molecule has 0 radical (unpaired) electrons. The molecule has 0 bridgehead atoms. The summed E-state index contributed by atoms with van der Waals surface area (Å²) in [5.74, 6) is 0. The number of morpholine rings is 1. The molecule has 1 aromatic carbocycles. The third-order valence-corrected chi connectivity index (χ3v) is 4.01. The van der Waals surface area contributed by atoms with Crippen LogP contribution >= 0.6 is 0 Å². The van der Waals surface area contributed by atoms with Gasteiger partial charge in [0.1, 0.15) is 0 Å². The third-order valence-electron chi connectivity index (χ3n) is 4.01. The van der Waals surface area contributed by atoms with Gasteiger partial charge in [-0.3, -0.25) is 4.90 Å². The molecular formula is C15H20N2O2. The standard InChI is InChI=1S/C15H20N2O2/c1-12-6-7-13-4-2-3-5-14(13)17(12)15(18)16-8-10-19-11-9-16/h2-5,12H,6-11H2,1H3. The van der Waals surface area contributed by atoms with Gasteiger partial charge in [0.05, 0.1) is 13.2 Å². The van der Waals surface area contributed by atoms with Gasteiger partial charge in [-0.2, -0.15) is 0 Å². The van der Waals surface area contributed by atoms with Crippen LogP contribution in [0.5, 0.6) is 0 Å². The number of urea groups is 1. The lowest BCUT2D eigenvalue weighted by molar-refractivity contribution is 0.0543. The second-order valence-corrected chi connectivity index (χ2v) is 5.27. The fourth-order valence-electron chi connectivity index (χ4n) is 2.89. The minimum atomic E-state index is 0.128. The summed E-state index contributed by atoms with van der Waals surface area (Å²) < 4.78 is 5.32. The van der Waals surface area contributed by atoms with E-state index in [1.807, 2.05) is 21.9 Å². The molecule has 1 fully saturated rings. The van der Waals surface area contributed by atoms with Crippen molar-refractivity contribution in [3.63, 3.8) is 0 Å². The molecule has 2 aliphatic heterocycles. The molecule has 19 heavy (non-hydrogen) atoms. The van der Waals surface area contributed by atoms with E-state index in [1.165, 1.54) is 5.56 Å². The van der Waals surface area contributed by atoms with Crippen LogP contribution in [0.15, 0.2) is 24.3 Å². The molecule has 4 nitrogen and oxygen atoms in total. The number of carbonyl (C=O) groups excluding carboxylic acids is 1. The molecule has 2 amide bonds. The van der Waals surface area contributed by atoms with Crippen LogP contribution in [-0.4, -0.2) is 43.3 Å². The highest BCUT2D eigenvalue weighted by Crippen LogP contribution is 2.31. The van der Waals surface area contributed by atoms with Crippen LogP contribution in [0.3, 0.4) is 0 Å². The number of amides is 2. The van der Waals surface area contributed by atoms with Crippen molar-refractivity contribution in [1.29, 1.82) is 0 Å². The molecule has 0 aromatic heterocycles. The number of hydrogen-bond donors (Lipinski definition) is 0. The summed E-state index contributed by atoms with van der Waals surface area (Å²) in [4.78, 5) is 16.6. The van der Waals surface area contributed by atoms with Gasteiger partial charge < -0.3 is 9.64 Å². The summed E-state index contributed by atoms with van der Waals surface area (Å²) in [5, 5.41) is 0. The van der Waals surface area contributed by atoms with Gasteiger partial charge >= 0.3 is 6.03 Å². The van der Waals surface area contributed by atoms with Crippen LogP contribution < -0.4 is 4.90 Å². The normalized spacial score (nSPS) is 23.1. The molecular weight excluding hydrogens is 240 g/mol. The van der Waals surface area contributed by atoms with Crippen LogP contribution in [0.25, 0.3) is 0 Å². The van der Waals surface area contributed by atoms with Gasteiger partial charge in [0.2, 0.25) is 0 Å². The molecule has 102 valence electrons. The lowest BCUT2D eigenvalue weighted by Crippen LogP contribution is -2.52. The highest BCUT2D eigenvalue weighted by molar-refractivity contribution is 5.94. The summed E-state index contributed by atoms with van der Waals surface area (Å²) in [6.45, 7) is 4.83. The van der Waals surface area contributed by atoms with Crippen molar-refractivity contribution in [2.75, 3.05) is 31.2 Å². The SMILES string of the molecule is CC1CCc2ccccc2N1C(=O)N1CCOCC1. The van der Waals surface area contributed by atoms with Crippen molar-refractivity contribution < 1.29 is 9.53 Å². The van der Waals surface area contributed by atoms with E-state index in [0.29, 0.717) is 26.3 Å². The first kappa shape index (κ1) is 12.5. The molecule has 4 heteroatoms. The van der Waals surface area contributed by atoms with Gasteiger partial charge in [0.25, 0.3) is 0 Å². The molecule has 1 aromatic rings. The van der Waals surface area contributed by atoms with Gasteiger partial charge in [-0.05, 0) is 31.4 Å². The Morgan fingerprint density at radius 2 is 2.00 bits per heavy atom. The zero-order chi connectivity index (χ0) is 13.2. The van der Waals surface area contributed by atoms with E-state index in [9.17, 15) is 4.79 Å². The Hall–Kier alpha value is -1.55. The maximum absolute atomic E-state index is 12.7. The Kier molecular flexibility index (Phi) is 3.42. The Morgan fingerprint density at radius 3 is 2.79 bits per heavy atom. The van der Waals surface area contributed by atoms with Crippen molar-refractivity contribution in [3.8, 4) is 0 Å². The smallest absolute Gasteiger partial charge is 0.324 e. The van der Waals surface area contributed by atoms with E-state index in [2.05, 4.69) is 19.1 Å². The first-order valence-electron chi connectivity index (χ1n) is 7.01. The van der Waals surface area contributed by atoms with Crippen molar-refractivity contribution in [1.82, 2.24) is 4.90 Å². The molecule has 2 aliphatic rings. The molecule has 0 N–H and O–H groups in total.